The summed E-state index contributed by atoms with van der Waals surface area (Å²) >= 11 is 17.5. The van der Waals surface area contributed by atoms with Gasteiger partial charge in [-0.3, -0.25) is 4.79 Å². The fourth-order valence-electron chi connectivity index (χ4n) is 1.83. The molecule has 118 valence electrons. The molecule has 0 bridgehead atoms. The van der Waals surface area contributed by atoms with E-state index in [1.54, 1.807) is 18.2 Å². The number of rotatable bonds is 4. The molecule has 2 aromatic rings. The molecule has 0 heterocycles. The lowest BCUT2D eigenvalue weighted by atomic mass is 10.0. The molecule has 0 saturated heterocycles. The van der Waals surface area contributed by atoms with Gasteiger partial charge in [-0.15, -0.1) is 0 Å². The van der Waals surface area contributed by atoms with Crippen LogP contribution in [0.5, 0.6) is 5.75 Å². The van der Waals surface area contributed by atoms with E-state index in [4.69, 9.17) is 39.9 Å². The molecule has 0 spiro atoms. The van der Waals surface area contributed by atoms with Crippen LogP contribution in [0.1, 0.15) is 26.3 Å². The molecule has 0 aliphatic heterocycles. The number of hydrogen-bond acceptors (Lipinski definition) is 3. The molecule has 0 radical (unpaired) electrons. The van der Waals surface area contributed by atoms with Crippen LogP contribution in [0.3, 0.4) is 0 Å². The van der Waals surface area contributed by atoms with Gasteiger partial charge in [0.2, 0.25) is 0 Å². The Labute approximate surface area is 146 Å². The third-order valence-corrected chi connectivity index (χ3v) is 3.90. The third-order valence-electron chi connectivity index (χ3n) is 2.94. The Kier molecular flexibility index (Phi) is 5.31. The van der Waals surface area contributed by atoms with Gasteiger partial charge in [0.05, 0.1) is 15.6 Å². The Balaban J connectivity index is 2.35. The van der Waals surface area contributed by atoms with E-state index in [1.807, 2.05) is 0 Å². The summed E-state index contributed by atoms with van der Waals surface area (Å²) in [5, 5.41) is 19.6. The summed E-state index contributed by atoms with van der Waals surface area (Å²) < 4.78 is 0. The summed E-state index contributed by atoms with van der Waals surface area (Å²) in [6, 6.07) is 7.06. The van der Waals surface area contributed by atoms with Crippen molar-refractivity contribution < 1.29 is 19.8 Å². The van der Waals surface area contributed by atoms with Crippen LogP contribution in [0.4, 0.5) is 0 Å². The van der Waals surface area contributed by atoms with Gasteiger partial charge in [-0.2, -0.15) is 0 Å². The van der Waals surface area contributed by atoms with Crippen LogP contribution in [-0.4, -0.2) is 22.0 Å². The number of carbonyl (C=O) groups excluding carboxylic acids is 1. The molecule has 0 aliphatic rings. The molecular formula is C16H9Cl3O4. The topological polar surface area (TPSA) is 74.6 Å². The summed E-state index contributed by atoms with van der Waals surface area (Å²) in [4.78, 5) is 23.2. The van der Waals surface area contributed by atoms with Crippen LogP contribution in [0, 0.1) is 0 Å². The van der Waals surface area contributed by atoms with Crippen molar-refractivity contribution in [3.05, 3.63) is 68.2 Å². The second-order valence-corrected chi connectivity index (χ2v) is 5.78. The van der Waals surface area contributed by atoms with E-state index >= 15 is 0 Å². The number of hydrogen-bond donors (Lipinski definition) is 2. The van der Waals surface area contributed by atoms with Crippen LogP contribution < -0.4 is 0 Å². The highest BCUT2D eigenvalue weighted by Gasteiger charge is 2.18. The summed E-state index contributed by atoms with van der Waals surface area (Å²) in [5.41, 5.74) is -0.0253. The summed E-state index contributed by atoms with van der Waals surface area (Å²) in [5.74, 6) is -2.61. The van der Waals surface area contributed by atoms with Crippen LogP contribution in [-0.2, 0) is 0 Å². The van der Waals surface area contributed by atoms with Crippen LogP contribution in [0.25, 0.3) is 6.08 Å². The zero-order valence-electron chi connectivity index (χ0n) is 11.4. The van der Waals surface area contributed by atoms with Gasteiger partial charge in [0, 0.05) is 5.02 Å². The monoisotopic (exact) mass is 370 g/mol. The molecule has 0 fully saturated rings. The molecule has 2 aromatic carbocycles. The minimum atomic E-state index is -1.38. The van der Waals surface area contributed by atoms with Crippen molar-refractivity contribution >= 4 is 52.6 Å². The van der Waals surface area contributed by atoms with Crippen molar-refractivity contribution in [3.8, 4) is 5.75 Å². The third kappa shape index (κ3) is 4.05. The first-order valence-corrected chi connectivity index (χ1v) is 7.36. The van der Waals surface area contributed by atoms with E-state index in [-0.39, 0.29) is 10.6 Å². The van der Waals surface area contributed by atoms with Gasteiger partial charge in [-0.05, 0) is 35.9 Å². The maximum Gasteiger partial charge on any atom is 0.339 e. The largest absolute Gasteiger partial charge is 0.506 e. The molecule has 0 amide bonds. The van der Waals surface area contributed by atoms with Crippen molar-refractivity contribution in [1.29, 1.82) is 0 Å². The number of carbonyl (C=O) groups is 2. The van der Waals surface area contributed by atoms with E-state index in [2.05, 4.69) is 0 Å². The highest BCUT2D eigenvalue weighted by atomic mass is 35.5. The van der Waals surface area contributed by atoms with Crippen molar-refractivity contribution in [2.24, 2.45) is 0 Å². The zero-order valence-corrected chi connectivity index (χ0v) is 13.7. The number of phenols is 1. The van der Waals surface area contributed by atoms with E-state index in [0.29, 0.717) is 15.6 Å². The van der Waals surface area contributed by atoms with Crippen LogP contribution in [0.15, 0.2) is 36.4 Å². The van der Waals surface area contributed by atoms with E-state index in [0.717, 1.165) is 6.07 Å². The summed E-state index contributed by atoms with van der Waals surface area (Å²) in [6.45, 7) is 0. The Morgan fingerprint density at radius 3 is 2.22 bits per heavy atom. The van der Waals surface area contributed by atoms with Crippen molar-refractivity contribution in [1.82, 2.24) is 0 Å². The molecule has 4 nitrogen and oxygen atoms in total. The minimum Gasteiger partial charge on any atom is -0.506 e. The Hall–Kier alpha value is -2.01. The molecule has 0 aromatic heterocycles. The number of ketones is 1. The average Bonchev–Trinajstić information content (AvgIpc) is 2.49. The van der Waals surface area contributed by atoms with Crippen molar-refractivity contribution in [2.75, 3.05) is 0 Å². The number of aromatic hydroxyl groups is 1. The first-order valence-electron chi connectivity index (χ1n) is 6.23. The quantitative estimate of drug-likeness (QED) is 0.589. The second kappa shape index (κ2) is 7.04. The smallest absolute Gasteiger partial charge is 0.339 e. The molecular weight excluding hydrogens is 363 g/mol. The van der Waals surface area contributed by atoms with Gasteiger partial charge >= 0.3 is 5.97 Å². The predicted octanol–water partition coefficient (Wildman–Crippen LogP) is 4.95. The average molecular weight is 372 g/mol. The zero-order chi connectivity index (χ0) is 17.1. The van der Waals surface area contributed by atoms with Gasteiger partial charge in [0.15, 0.2) is 5.78 Å². The Bertz CT molecular complexity index is 828. The molecule has 7 heteroatoms. The van der Waals surface area contributed by atoms with E-state index in [9.17, 15) is 14.7 Å². The standard InChI is InChI=1S/C16H9Cl3O4/c17-9-6-10(15(21)11(7-9)16(22)23)14(20)4-2-8-1-3-12(18)13(19)5-8/h1-7,21H,(H,22,23)/b4-2+. The van der Waals surface area contributed by atoms with Crippen LogP contribution in [0.2, 0.25) is 15.1 Å². The molecule has 2 rings (SSSR count). The molecule has 0 unspecified atom stereocenters. The van der Waals surface area contributed by atoms with E-state index in [1.165, 1.54) is 18.2 Å². The lowest BCUT2D eigenvalue weighted by Crippen LogP contribution is -2.03. The number of benzene rings is 2. The normalized spacial score (nSPS) is 10.9. The van der Waals surface area contributed by atoms with Crippen molar-refractivity contribution in [3.63, 3.8) is 0 Å². The highest BCUT2D eigenvalue weighted by Crippen LogP contribution is 2.28. The minimum absolute atomic E-state index is 0.0338. The number of allylic oxidation sites excluding steroid dienone is 1. The maximum atomic E-state index is 12.2. The second-order valence-electron chi connectivity index (χ2n) is 4.53. The number of carboxylic acid groups (broad SMARTS) is 1. The molecule has 0 saturated carbocycles. The molecule has 2 N–H and O–H groups in total. The Morgan fingerprint density at radius 1 is 0.957 bits per heavy atom. The lowest BCUT2D eigenvalue weighted by Gasteiger charge is -2.05. The highest BCUT2D eigenvalue weighted by molar-refractivity contribution is 6.42. The lowest BCUT2D eigenvalue weighted by molar-refractivity contribution is 0.0693. The van der Waals surface area contributed by atoms with Gasteiger partial charge in [0.25, 0.3) is 0 Å². The van der Waals surface area contributed by atoms with Gasteiger partial charge in [-0.1, -0.05) is 46.9 Å². The van der Waals surface area contributed by atoms with Gasteiger partial charge in [-0.25, -0.2) is 4.79 Å². The SMILES string of the molecule is O=C(O)c1cc(Cl)cc(C(=O)/C=C/c2ccc(Cl)c(Cl)c2)c1O. The number of aromatic carboxylic acids is 1. The summed E-state index contributed by atoms with van der Waals surface area (Å²) in [7, 11) is 0. The van der Waals surface area contributed by atoms with Crippen LogP contribution >= 0.6 is 34.8 Å². The summed E-state index contributed by atoms with van der Waals surface area (Å²) in [6.07, 6.45) is 2.64. The maximum absolute atomic E-state index is 12.2. The van der Waals surface area contributed by atoms with Crippen molar-refractivity contribution in [2.45, 2.75) is 0 Å². The first-order chi connectivity index (χ1) is 10.8. The molecule has 0 atom stereocenters. The van der Waals surface area contributed by atoms with E-state index < -0.39 is 23.1 Å². The van der Waals surface area contributed by atoms with Gasteiger partial charge in [0.1, 0.15) is 11.3 Å². The Morgan fingerprint density at radius 2 is 1.61 bits per heavy atom. The fourth-order valence-corrected chi connectivity index (χ4v) is 2.35. The molecule has 23 heavy (non-hydrogen) atoms. The number of carboxylic acids is 1. The fraction of sp³-hybridized carbons (Fsp3) is 0. The first kappa shape index (κ1) is 17.3. The molecule has 0 aliphatic carbocycles. The predicted molar refractivity (Wildman–Crippen MR) is 89.9 cm³/mol. The number of halogens is 3. The van der Waals surface area contributed by atoms with Gasteiger partial charge < -0.3 is 10.2 Å².